The molecule has 188 valence electrons. The number of hydrogen-bond acceptors (Lipinski definition) is 8. The van der Waals surface area contributed by atoms with Crippen LogP contribution in [0.1, 0.15) is 30.8 Å². The number of imidazole rings is 1. The van der Waals surface area contributed by atoms with Crippen LogP contribution in [0.15, 0.2) is 34.9 Å². The van der Waals surface area contributed by atoms with E-state index in [4.69, 9.17) is 16.3 Å². The Bertz CT molecular complexity index is 1350. The summed E-state index contributed by atoms with van der Waals surface area (Å²) in [6.45, 7) is 6.09. The van der Waals surface area contributed by atoms with Gasteiger partial charge in [0.15, 0.2) is 16.6 Å². The first kappa shape index (κ1) is 24.3. The van der Waals surface area contributed by atoms with Crippen molar-refractivity contribution in [3.05, 3.63) is 40.6 Å². The molecular weight excluding hydrogens is 502 g/mol. The van der Waals surface area contributed by atoms with Gasteiger partial charge in [0.25, 0.3) is 5.91 Å². The summed E-state index contributed by atoms with van der Waals surface area (Å²) in [5.74, 6) is 1.78. The molecule has 0 radical (unpaired) electrons. The van der Waals surface area contributed by atoms with Crippen molar-refractivity contribution in [1.82, 2.24) is 19.4 Å². The Morgan fingerprint density at radius 2 is 2.17 bits per heavy atom. The predicted octanol–water partition coefficient (Wildman–Crippen LogP) is 3.99. The predicted molar refractivity (Wildman–Crippen MR) is 140 cm³/mol. The molecule has 0 aliphatic carbocycles. The molecule has 0 atom stereocenters. The minimum Gasteiger partial charge on any atom is -0.492 e. The third-order valence-corrected chi connectivity index (χ3v) is 7.00. The van der Waals surface area contributed by atoms with Gasteiger partial charge in [-0.25, -0.2) is 9.97 Å². The Kier molecular flexibility index (Phi) is 6.67. The molecular formula is C24H26ClN7O3S. The SMILES string of the molecule is CC(C)CCOc1ccc(-c2csc(NC(=O)Cn3cnc4c3C(=O)N(C)C3=NCCN34)n2)cc1Cl. The number of amides is 2. The maximum absolute atomic E-state index is 12.9. The smallest absolute Gasteiger partial charge is 0.280 e. The molecule has 4 heterocycles. The molecule has 3 aromatic rings. The van der Waals surface area contributed by atoms with Crippen LogP contribution in [-0.2, 0) is 11.3 Å². The highest BCUT2D eigenvalue weighted by Crippen LogP contribution is 2.32. The van der Waals surface area contributed by atoms with Crippen molar-refractivity contribution >= 4 is 51.7 Å². The quantitative estimate of drug-likeness (QED) is 0.475. The Balaban J connectivity index is 1.24. The first-order chi connectivity index (χ1) is 17.3. The zero-order valence-electron chi connectivity index (χ0n) is 20.2. The first-order valence-electron chi connectivity index (χ1n) is 11.6. The standard InChI is InChI=1S/C24H26ClN7O3S/c1-14(2)6-9-35-18-5-4-15(10-16(18)25)17-12-36-23(28-17)29-19(33)11-31-13-27-21-20(31)22(34)30(3)24-26-7-8-32(21)24/h4-5,10,12-14H,6-9,11H2,1-3H3,(H,28,29,33). The molecule has 2 aliphatic rings. The summed E-state index contributed by atoms with van der Waals surface area (Å²) in [6, 6.07) is 5.54. The Hall–Kier alpha value is -3.44. The van der Waals surface area contributed by atoms with Crippen molar-refractivity contribution in [3.63, 3.8) is 0 Å². The topological polar surface area (TPSA) is 105 Å². The first-order valence-corrected chi connectivity index (χ1v) is 12.9. The van der Waals surface area contributed by atoms with Gasteiger partial charge in [-0.2, -0.15) is 0 Å². The van der Waals surface area contributed by atoms with Gasteiger partial charge in [-0.3, -0.25) is 24.4 Å². The van der Waals surface area contributed by atoms with Gasteiger partial charge >= 0.3 is 0 Å². The second-order valence-corrected chi connectivity index (χ2v) is 10.3. The molecule has 1 N–H and O–H groups in total. The molecule has 0 spiro atoms. The summed E-state index contributed by atoms with van der Waals surface area (Å²) in [6.07, 6.45) is 2.46. The molecule has 0 bridgehead atoms. The summed E-state index contributed by atoms with van der Waals surface area (Å²) in [5.41, 5.74) is 1.90. The zero-order valence-corrected chi connectivity index (χ0v) is 21.8. The zero-order chi connectivity index (χ0) is 25.4. The van der Waals surface area contributed by atoms with E-state index in [1.54, 1.807) is 11.6 Å². The average molecular weight is 528 g/mol. The molecule has 10 nitrogen and oxygen atoms in total. The maximum atomic E-state index is 12.9. The number of benzene rings is 1. The number of thiazole rings is 1. The number of halogens is 1. The molecule has 2 aliphatic heterocycles. The second-order valence-electron chi connectivity index (χ2n) is 9.00. The van der Waals surface area contributed by atoms with Crippen LogP contribution in [0.3, 0.4) is 0 Å². The monoisotopic (exact) mass is 527 g/mol. The summed E-state index contributed by atoms with van der Waals surface area (Å²) in [7, 11) is 1.67. The third-order valence-electron chi connectivity index (χ3n) is 5.94. The highest BCUT2D eigenvalue weighted by molar-refractivity contribution is 7.14. The number of guanidine groups is 1. The number of hydrogen-bond donors (Lipinski definition) is 1. The lowest BCUT2D eigenvalue weighted by atomic mass is 10.1. The number of carbonyl (C=O) groups excluding carboxylic acids is 2. The summed E-state index contributed by atoms with van der Waals surface area (Å²) in [5, 5.41) is 5.64. The number of anilines is 2. The van der Waals surface area contributed by atoms with Gasteiger partial charge in [0.05, 0.1) is 30.2 Å². The molecule has 2 amide bonds. The van der Waals surface area contributed by atoms with Gasteiger partial charge in [0, 0.05) is 24.5 Å². The van der Waals surface area contributed by atoms with Crippen LogP contribution in [0, 0.1) is 5.92 Å². The molecule has 0 fully saturated rings. The highest BCUT2D eigenvalue weighted by atomic mass is 35.5. The van der Waals surface area contributed by atoms with Gasteiger partial charge in [-0.1, -0.05) is 25.4 Å². The van der Waals surface area contributed by atoms with Crippen LogP contribution >= 0.6 is 22.9 Å². The molecule has 0 saturated carbocycles. The van der Waals surface area contributed by atoms with E-state index in [1.165, 1.54) is 22.6 Å². The summed E-state index contributed by atoms with van der Waals surface area (Å²) in [4.78, 5) is 42.3. The van der Waals surface area contributed by atoms with Crippen LogP contribution < -0.4 is 15.0 Å². The van der Waals surface area contributed by atoms with E-state index in [2.05, 4.69) is 34.1 Å². The highest BCUT2D eigenvalue weighted by Gasteiger charge is 2.38. The van der Waals surface area contributed by atoms with Gasteiger partial charge < -0.3 is 14.6 Å². The van der Waals surface area contributed by atoms with Gasteiger partial charge in [-0.05, 0) is 30.5 Å². The van der Waals surface area contributed by atoms with E-state index in [0.29, 0.717) is 64.7 Å². The summed E-state index contributed by atoms with van der Waals surface area (Å²) < 4.78 is 7.33. The molecule has 0 saturated heterocycles. The maximum Gasteiger partial charge on any atom is 0.280 e. The average Bonchev–Trinajstić information content (AvgIpc) is 3.58. The van der Waals surface area contributed by atoms with Crippen molar-refractivity contribution in [2.24, 2.45) is 10.9 Å². The van der Waals surface area contributed by atoms with E-state index in [1.807, 2.05) is 28.5 Å². The van der Waals surface area contributed by atoms with Crippen LogP contribution in [0.2, 0.25) is 5.02 Å². The fourth-order valence-electron chi connectivity index (χ4n) is 4.04. The van der Waals surface area contributed by atoms with E-state index < -0.39 is 0 Å². The number of nitrogens with one attached hydrogen (secondary N) is 1. The lowest BCUT2D eigenvalue weighted by molar-refractivity contribution is -0.116. The number of ether oxygens (including phenoxy) is 1. The Morgan fingerprint density at radius 3 is 2.94 bits per heavy atom. The fraction of sp³-hybridized carbons (Fsp3) is 0.375. The van der Waals surface area contributed by atoms with Crippen molar-refractivity contribution < 1.29 is 14.3 Å². The lowest BCUT2D eigenvalue weighted by Gasteiger charge is -2.30. The van der Waals surface area contributed by atoms with Gasteiger partial charge in [-0.15, -0.1) is 11.3 Å². The number of rotatable bonds is 8. The van der Waals surface area contributed by atoms with E-state index in [0.717, 1.165) is 12.0 Å². The molecule has 12 heteroatoms. The number of aliphatic imine (C=N–C) groups is 1. The van der Waals surface area contributed by atoms with E-state index >= 15 is 0 Å². The number of aromatic nitrogens is 3. The van der Waals surface area contributed by atoms with Gasteiger partial charge in [0.1, 0.15) is 12.3 Å². The Morgan fingerprint density at radius 1 is 1.33 bits per heavy atom. The minimum atomic E-state index is -0.306. The normalized spacial score (nSPS) is 14.7. The van der Waals surface area contributed by atoms with Crippen molar-refractivity contribution in [1.29, 1.82) is 0 Å². The minimum absolute atomic E-state index is 0.0641. The van der Waals surface area contributed by atoms with Gasteiger partial charge in [0.2, 0.25) is 11.9 Å². The fourth-order valence-corrected chi connectivity index (χ4v) is 5.01. The number of fused-ring (bicyclic) bond motifs is 3. The van der Waals surface area contributed by atoms with Crippen molar-refractivity contribution in [3.8, 4) is 17.0 Å². The second kappa shape index (κ2) is 9.90. The van der Waals surface area contributed by atoms with Crippen LogP contribution in [0.4, 0.5) is 10.9 Å². The lowest BCUT2D eigenvalue weighted by Crippen LogP contribution is -2.48. The van der Waals surface area contributed by atoms with E-state index in [9.17, 15) is 9.59 Å². The number of carbonyl (C=O) groups is 2. The van der Waals surface area contributed by atoms with Crippen molar-refractivity contribution in [2.75, 3.05) is 37.0 Å². The molecule has 36 heavy (non-hydrogen) atoms. The van der Waals surface area contributed by atoms with Crippen LogP contribution in [0.5, 0.6) is 5.75 Å². The van der Waals surface area contributed by atoms with Crippen molar-refractivity contribution in [2.45, 2.75) is 26.8 Å². The largest absolute Gasteiger partial charge is 0.492 e. The van der Waals surface area contributed by atoms with Crippen LogP contribution in [-0.4, -0.2) is 64.0 Å². The Labute approximate surface area is 217 Å². The third kappa shape index (κ3) is 4.68. The summed E-state index contributed by atoms with van der Waals surface area (Å²) >= 11 is 7.72. The number of nitrogens with zero attached hydrogens (tertiary/aromatic N) is 6. The molecule has 0 unspecified atom stereocenters. The molecule has 2 aromatic heterocycles. The van der Waals surface area contributed by atoms with Crippen LogP contribution in [0.25, 0.3) is 11.3 Å². The molecule has 1 aromatic carbocycles. The molecule has 5 rings (SSSR count). The van der Waals surface area contributed by atoms with E-state index in [-0.39, 0.29) is 18.4 Å².